The molecule has 3 rings (SSSR count). The van der Waals surface area contributed by atoms with Gasteiger partial charge in [0.25, 0.3) is 0 Å². The Kier molecular flexibility index (Phi) is 4.37. The normalized spacial score (nSPS) is 37.0. The van der Waals surface area contributed by atoms with E-state index in [9.17, 15) is 9.18 Å². The number of aldehydes is 1. The van der Waals surface area contributed by atoms with E-state index < -0.39 is 6.17 Å². The summed E-state index contributed by atoms with van der Waals surface area (Å²) in [7, 11) is 0. The summed E-state index contributed by atoms with van der Waals surface area (Å²) in [5.41, 5.74) is 2.36. The van der Waals surface area contributed by atoms with Gasteiger partial charge in [0, 0.05) is 18.0 Å². The molecule has 0 bridgehead atoms. The predicted molar refractivity (Wildman–Crippen MR) is 82.7 cm³/mol. The van der Waals surface area contributed by atoms with E-state index in [0.29, 0.717) is 36.8 Å². The van der Waals surface area contributed by atoms with Crippen molar-refractivity contribution >= 4 is 6.29 Å². The Morgan fingerprint density at radius 3 is 2.38 bits per heavy atom. The van der Waals surface area contributed by atoms with Gasteiger partial charge >= 0.3 is 0 Å². The van der Waals surface area contributed by atoms with Gasteiger partial charge < -0.3 is 4.90 Å². The minimum absolute atomic E-state index is 0.380. The molecule has 118 valence electrons. The second kappa shape index (κ2) is 6.10. The highest BCUT2D eigenvalue weighted by Crippen LogP contribution is 2.48. The number of halogens is 1. The molecule has 2 aliphatic carbocycles. The van der Waals surface area contributed by atoms with E-state index in [4.69, 9.17) is 0 Å². The molecule has 3 heteroatoms. The molecule has 0 saturated heterocycles. The van der Waals surface area contributed by atoms with Crippen molar-refractivity contribution in [1.82, 2.24) is 4.90 Å². The van der Waals surface area contributed by atoms with Gasteiger partial charge in [0.05, 0.1) is 5.70 Å². The fraction of sp³-hybridized carbons (Fsp3) is 0.833. The molecule has 1 heterocycles. The smallest absolute Gasteiger partial charge is 0.166 e. The largest absolute Gasteiger partial charge is 0.363 e. The zero-order valence-corrected chi connectivity index (χ0v) is 13.4. The van der Waals surface area contributed by atoms with E-state index in [0.717, 1.165) is 24.8 Å². The van der Waals surface area contributed by atoms with Crippen molar-refractivity contribution in [3.63, 3.8) is 0 Å². The standard InChI is InChI=1S/C18H28FNO/c1-12(2)20-16-6-4-3-5-15(16)18(17(20)11-21)13-7-9-14(19)10-8-13/h11-16H,3-10H2,1-2H3. The number of hydrogen-bond donors (Lipinski definition) is 0. The summed E-state index contributed by atoms with van der Waals surface area (Å²) in [5, 5.41) is 0. The average molecular weight is 293 g/mol. The first-order chi connectivity index (χ1) is 10.1. The lowest BCUT2D eigenvalue weighted by Crippen LogP contribution is -2.40. The first kappa shape index (κ1) is 15.1. The van der Waals surface area contributed by atoms with Crippen molar-refractivity contribution < 1.29 is 9.18 Å². The van der Waals surface area contributed by atoms with Crippen molar-refractivity contribution in [3.05, 3.63) is 11.3 Å². The Morgan fingerprint density at radius 2 is 1.76 bits per heavy atom. The maximum absolute atomic E-state index is 13.5. The van der Waals surface area contributed by atoms with Crippen molar-refractivity contribution in [1.29, 1.82) is 0 Å². The van der Waals surface area contributed by atoms with Crippen LogP contribution in [0.3, 0.4) is 0 Å². The molecule has 2 saturated carbocycles. The molecule has 0 amide bonds. The maximum atomic E-state index is 13.5. The van der Waals surface area contributed by atoms with E-state index >= 15 is 0 Å². The third-order valence-electron chi connectivity index (χ3n) is 5.82. The molecular weight excluding hydrogens is 265 g/mol. The molecule has 0 spiro atoms. The summed E-state index contributed by atoms with van der Waals surface area (Å²) >= 11 is 0. The van der Waals surface area contributed by atoms with Crippen molar-refractivity contribution in [2.24, 2.45) is 11.8 Å². The lowest BCUT2D eigenvalue weighted by Gasteiger charge is -2.37. The van der Waals surface area contributed by atoms with Gasteiger partial charge in [0.2, 0.25) is 0 Å². The second-order valence-electron chi connectivity index (χ2n) is 7.37. The first-order valence-electron chi connectivity index (χ1n) is 8.75. The molecule has 1 aliphatic heterocycles. The number of rotatable bonds is 3. The van der Waals surface area contributed by atoms with Crippen LogP contribution in [-0.4, -0.2) is 29.4 Å². The summed E-state index contributed by atoms with van der Waals surface area (Å²) < 4.78 is 13.5. The topological polar surface area (TPSA) is 20.3 Å². The summed E-state index contributed by atoms with van der Waals surface area (Å²) in [6.45, 7) is 4.38. The van der Waals surface area contributed by atoms with E-state index in [1.807, 2.05) is 0 Å². The molecule has 0 radical (unpaired) electrons. The van der Waals surface area contributed by atoms with E-state index in [2.05, 4.69) is 18.7 Å². The highest BCUT2D eigenvalue weighted by atomic mass is 19.1. The monoisotopic (exact) mass is 293 g/mol. The Bertz CT molecular complexity index is 423. The molecule has 0 aromatic carbocycles. The van der Waals surface area contributed by atoms with Gasteiger partial charge in [-0.2, -0.15) is 0 Å². The lowest BCUT2D eigenvalue weighted by atomic mass is 9.73. The van der Waals surface area contributed by atoms with Crippen LogP contribution >= 0.6 is 0 Å². The highest BCUT2D eigenvalue weighted by Gasteiger charge is 2.45. The predicted octanol–water partition coefficient (Wildman–Crippen LogP) is 4.25. The van der Waals surface area contributed by atoms with Gasteiger partial charge in [-0.05, 0) is 63.9 Å². The number of carbonyl (C=O) groups is 1. The molecule has 2 fully saturated rings. The Hall–Kier alpha value is -0.860. The third-order valence-corrected chi connectivity index (χ3v) is 5.82. The summed E-state index contributed by atoms with van der Waals surface area (Å²) in [5.74, 6) is 1.01. The van der Waals surface area contributed by atoms with Crippen LogP contribution in [0.15, 0.2) is 11.3 Å². The maximum Gasteiger partial charge on any atom is 0.166 e. The number of hydrogen-bond acceptors (Lipinski definition) is 2. The number of allylic oxidation sites excluding steroid dienone is 1. The Labute approximate surface area is 127 Å². The average Bonchev–Trinajstić information content (AvgIpc) is 2.82. The lowest BCUT2D eigenvalue weighted by molar-refractivity contribution is -0.106. The summed E-state index contributed by atoms with van der Waals surface area (Å²) in [6, 6.07) is 0.905. The van der Waals surface area contributed by atoms with Gasteiger partial charge in [0.1, 0.15) is 6.17 Å². The van der Waals surface area contributed by atoms with Crippen LogP contribution in [0.2, 0.25) is 0 Å². The molecular formula is C18H28FNO. The van der Waals surface area contributed by atoms with Crippen LogP contribution in [0.4, 0.5) is 4.39 Å². The van der Waals surface area contributed by atoms with E-state index in [1.165, 1.54) is 31.3 Å². The van der Waals surface area contributed by atoms with E-state index in [-0.39, 0.29) is 0 Å². The van der Waals surface area contributed by atoms with Crippen molar-refractivity contribution in [3.8, 4) is 0 Å². The molecule has 2 unspecified atom stereocenters. The number of carbonyl (C=O) groups excluding carboxylic acids is 1. The first-order valence-corrected chi connectivity index (χ1v) is 8.75. The molecule has 21 heavy (non-hydrogen) atoms. The van der Waals surface area contributed by atoms with Crippen LogP contribution < -0.4 is 0 Å². The number of nitrogens with zero attached hydrogens (tertiary/aromatic N) is 1. The molecule has 0 N–H and O–H groups in total. The SMILES string of the molecule is CC(C)N1C(C=O)=C(C2CCC(F)CC2)C2CCCCC21. The molecule has 3 aliphatic rings. The van der Waals surface area contributed by atoms with Gasteiger partial charge in [-0.3, -0.25) is 4.79 Å². The van der Waals surface area contributed by atoms with Gasteiger partial charge in [-0.15, -0.1) is 0 Å². The third kappa shape index (κ3) is 2.64. The van der Waals surface area contributed by atoms with Gasteiger partial charge in [-0.1, -0.05) is 12.8 Å². The van der Waals surface area contributed by atoms with Crippen LogP contribution in [0.1, 0.15) is 65.2 Å². The van der Waals surface area contributed by atoms with Crippen LogP contribution in [0.25, 0.3) is 0 Å². The van der Waals surface area contributed by atoms with Crippen LogP contribution in [-0.2, 0) is 4.79 Å². The number of alkyl halides is 1. The summed E-state index contributed by atoms with van der Waals surface area (Å²) in [4.78, 5) is 14.2. The van der Waals surface area contributed by atoms with Gasteiger partial charge in [-0.25, -0.2) is 4.39 Å². The van der Waals surface area contributed by atoms with Crippen LogP contribution in [0.5, 0.6) is 0 Å². The molecule has 0 aromatic heterocycles. The molecule has 0 aromatic rings. The van der Waals surface area contributed by atoms with E-state index in [1.54, 1.807) is 0 Å². The fourth-order valence-corrected chi connectivity index (χ4v) is 4.99. The summed E-state index contributed by atoms with van der Waals surface area (Å²) in [6.07, 6.45) is 8.69. The zero-order valence-electron chi connectivity index (χ0n) is 13.4. The molecule has 2 nitrogen and oxygen atoms in total. The fourth-order valence-electron chi connectivity index (χ4n) is 4.99. The van der Waals surface area contributed by atoms with Crippen LogP contribution in [0, 0.1) is 11.8 Å². The number of fused-ring (bicyclic) bond motifs is 1. The quantitative estimate of drug-likeness (QED) is 0.725. The minimum Gasteiger partial charge on any atom is -0.363 e. The van der Waals surface area contributed by atoms with Gasteiger partial charge in [0.15, 0.2) is 6.29 Å². The van der Waals surface area contributed by atoms with Crippen molar-refractivity contribution in [2.45, 2.75) is 83.5 Å². The minimum atomic E-state index is -0.619. The Morgan fingerprint density at radius 1 is 1.10 bits per heavy atom. The highest BCUT2D eigenvalue weighted by molar-refractivity contribution is 5.75. The molecule has 2 atom stereocenters. The second-order valence-corrected chi connectivity index (χ2v) is 7.37. The Balaban J connectivity index is 1.92. The zero-order chi connectivity index (χ0) is 15.0. The van der Waals surface area contributed by atoms with Crippen molar-refractivity contribution in [2.75, 3.05) is 0 Å².